The molecule has 17 heavy (non-hydrogen) atoms. The molecule has 0 saturated carbocycles. The fourth-order valence-electron chi connectivity index (χ4n) is 1.76. The van der Waals surface area contributed by atoms with E-state index in [1.807, 2.05) is 20.8 Å². The lowest BCUT2D eigenvalue weighted by atomic mass is 9.95. The van der Waals surface area contributed by atoms with Crippen molar-refractivity contribution in [3.8, 4) is 0 Å². The van der Waals surface area contributed by atoms with Crippen LogP contribution in [0.5, 0.6) is 0 Å². The minimum atomic E-state index is -3.19. The number of rotatable bonds is 9. The smallest absolute Gasteiger partial charge is 0.211 e. The van der Waals surface area contributed by atoms with E-state index in [0.717, 1.165) is 25.7 Å². The Morgan fingerprint density at radius 3 is 2.18 bits per heavy atom. The summed E-state index contributed by atoms with van der Waals surface area (Å²) in [5.41, 5.74) is 5.65. The average Bonchev–Trinajstić information content (AvgIpc) is 2.26. The van der Waals surface area contributed by atoms with Gasteiger partial charge in [0.1, 0.15) is 0 Å². The summed E-state index contributed by atoms with van der Waals surface area (Å²) in [4.78, 5) is 0. The molecule has 0 rings (SSSR count). The van der Waals surface area contributed by atoms with E-state index in [1.165, 1.54) is 0 Å². The number of sulfonamides is 1. The van der Waals surface area contributed by atoms with Crippen LogP contribution >= 0.6 is 0 Å². The molecule has 0 aromatic carbocycles. The summed E-state index contributed by atoms with van der Waals surface area (Å²) in [6.07, 6.45) is 3.50. The summed E-state index contributed by atoms with van der Waals surface area (Å²) in [5.74, 6) is 0.401. The molecule has 0 aliphatic heterocycles. The van der Waals surface area contributed by atoms with Gasteiger partial charge in [-0.3, -0.25) is 0 Å². The van der Waals surface area contributed by atoms with Crippen molar-refractivity contribution in [2.45, 2.75) is 58.9 Å². The van der Waals surface area contributed by atoms with Crippen LogP contribution in [0.3, 0.4) is 0 Å². The molecule has 104 valence electrons. The van der Waals surface area contributed by atoms with Crippen molar-refractivity contribution in [3.63, 3.8) is 0 Å². The van der Waals surface area contributed by atoms with Crippen LogP contribution in [0, 0.1) is 5.92 Å². The largest absolute Gasteiger partial charge is 0.324 e. The van der Waals surface area contributed by atoms with Crippen molar-refractivity contribution < 1.29 is 8.42 Å². The zero-order valence-corrected chi connectivity index (χ0v) is 12.4. The van der Waals surface area contributed by atoms with Gasteiger partial charge in [0.05, 0.1) is 5.75 Å². The van der Waals surface area contributed by atoms with Crippen LogP contribution in [0.15, 0.2) is 0 Å². The molecular formula is C12H28N2O2S. The Labute approximate surface area is 106 Å². The van der Waals surface area contributed by atoms with Crippen molar-refractivity contribution >= 4 is 10.0 Å². The predicted molar refractivity (Wildman–Crippen MR) is 73.4 cm³/mol. The third-order valence-corrected chi connectivity index (χ3v) is 4.93. The molecule has 4 nitrogen and oxygen atoms in total. The van der Waals surface area contributed by atoms with Gasteiger partial charge < -0.3 is 5.73 Å². The third-order valence-electron chi connectivity index (χ3n) is 3.34. The summed E-state index contributed by atoms with van der Waals surface area (Å²) >= 11 is 0. The highest BCUT2D eigenvalue weighted by Gasteiger charge is 2.23. The molecule has 0 amide bonds. The number of nitrogens with one attached hydrogen (secondary N) is 1. The Kier molecular flexibility index (Phi) is 7.28. The van der Waals surface area contributed by atoms with Crippen molar-refractivity contribution in [2.24, 2.45) is 11.7 Å². The molecule has 1 unspecified atom stereocenters. The molecule has 5 heteroatoms. The monoisotopic (exact) mass is 264 g/mol. The van der Waals surface area contributed by atoms with Crippen LogP contribution in [0.1, 0.15) is 53.4 Å². The van der Waals surface area contributed by atoms with Gasteiger partial charge in [0.15, 0.2) is 0 Å². The topological polar surface area (TPSA) is 72.2 Å². The molecule has 1 atom stereocenters. The van der Waals surface area contributed by atoms with Gasteiger partial charge in [0.2, 0.25) is 10.0 Å². The number of nitrogens with two attached hydrogens (primary N) is 1. The maximum atomic E-state index is 11.8. The zero-order chi connectivity index (χ0) is 13.5. The highest BCUT2D eigenvalue weighted by Crippen LogP contribution is 2.11. The highest BCUT2D eigenvalue weighted by atomic mass is 32.2. The maximum Gasteiger partial charge on any atom is 0.211 e. The normalized spacial score (nSPS) is 14.9. The van der Waals surface area contributed by atoms with Gasteiger partial charge in [-0.1, -0.05) is 34.1 Å². The Bertz CT molecular complexity index is 298. The quantitative estimate of drug-likeness (QED) is 0.667. The first-order valence-electron chi connectivity index (χ1n) is 6.54. The molecule has 0 bridgehead atoms. The van der Waals surface area contributed by atoms with Crippen molar-refractivity contribution in [3.05, 3.63) is 0 Å². The van der Waals surface area contributed by atoms with Crippen LogP contribution in [0.2, 0.25) is 0 Å². The van der Waals surface area contributed by atoms with Gasteiger partial charge in [-0.05, 0) is 25.2 Å². The molecule has 0 aromatic heterocycles. The average molecular weight is 264 g/mol. The van der Waals surface area contributed by atoms with Crippen molar-refractivity contribution in [2.75, 3.05) is 12.3 Å². The molecule has 0 aliphatic rings. The van der Waals surface area contributed by atoms with Crippen molar-refractivity contribution in [1.82, 2.24) is 4.72 Å². The van der Waals surface area contributed by atoms with Crippen LogP contribution in [0.25, 0.3) is 0 Å². The zero-order valence-electron chi connectivity index (χ0n) is 11.6. The van der Waals surface area contributed by atoms with Gasteiger partial charge in [-0.25, -0.2) is 13.1 Å². The van der Waals surface area contributed by atoms with E-state index < -0.39 is 15.6 Å². The first-order chi connectivity index (χ1) is 7.78. The molecule has 0 fully saturated rings. The minimum Gasteiger partial charge on any atom is -0.324 e. The van der Waals surface area contributed by atoms with Gasteiger partial charge in [-0.15, -0.1) is 0 Å². The fraction of sp³-hybridized carbons (Fsp3) is 1.00. The van der Waals surface area contributed by atoms with Crippen LogP contribution in [-0.4, -0.2) is 26.3 Å². The molecule has 0 radical (unpaired) electrons. The summed E-state index contributed by atoms with van der Waals surface area (Å²) in [5, 5.41) is 0. The van der Waals surface area contributed by atoms with Crippen LogP contribution in [-0.2, 0) is 10.0 Å². The Hall–Kier alpha value is -0.130. The number of hydrogen-bond acceptors (Lipinski definition) is 3. The van der Waals surface area contributed by atoms with Crippen molar-refractivity contribution in [1.29, 1.82) is 0 Å². The summed E-state index contributed by atoms with van der Waals surface area (Å²) in [6, 6.07) is 0. The SMILES string of the molecule is CCCC(C)CS(=O)(=O)NCC(N)(CC)CC. The van der Waals surface area contributed by atoms with E-state index in [1.54, 1.807) is 0 Å². The molecule has 0 saturated heterocycles. The van der Waals surface area contributed by atoms with Gasteiger partial charge >= 0.3 is 0 Å². The fourth-order valence-corrected chi connectivity index (χ4v) is 3.30. The highest BCUT2D eigenvalue weighted by molar-refractivity contribution is 7.89. The molecule has 3 N–H and O–H groups in total. The van der Waals surface area contributed by atoms with E-state index in [4.69, 9.17) is 5.73 Å². The molecule has 0 aromatic rings. The standard InChI is InChI=1S/C12H28N2O2S/c1-5-8-11(4)9-17(15,16)14-10-12(13,6-2)7-3/h11,14H,5-10,13H2,1-4H3. The van der Waals surface area contributed by atoms with E-state index in [-0.39, 0.29) is 11.7 Å². The van der Waals surface area contributed by atoms with E-state index in [0.29, 0.717) is 6.54 Å². The first-order valence-corrected chi connectivity index (χ1v) is 8.20. The Morgan fingerprint density at radius 2 is 1.76 bits per heavy atom. The number of hydrogen-bond donors (Lipinski definition) is 2. The van der Waals surface area contributed by atoms with E-state index in [2.05, 4.69) is 11.6 Å². The second-order valence-corrected chi connectivity index (χ2v) is 6.92. The lowest BCUT2D eigenvalue weighted by Gasteiger charge is -2.27. The van der Waals surface area contributed by atoms with E-state index in [9.17, 15) is 8.42 Å². The Balaban J connectivity index is 4.27. The van der Waals surface area contributed by atoms with Crippen LogP contribution in [0.4, 0.5) is 0 Å². The minimum absolute atomic E-state index is 0.199. The lowest BCUT2D eigenvalue weighted by molar-refractivity contribution is 0.391. The Morgan fingerprint density at radius 1 is 1.24 bits per heavy atom. The molecule has 0 aliphatic carbocycles. The molecular weight excluding hydrogens is 236 g/mol. The maximum absolute atomic E-state index is 11.8. The summed E-state index contributed by atoms with van der Waals surface area (Å²) in [7, 11) is -3.19. The summed E-state index contributed by atoms with van der Waals surface area (Å²) in [6.45, 7) is 8.34. The van der Waals surface area contributed by atoms with Gasteiger partial charge in [-0.2, -0.15) is 0 Å². The van der Waals surface area contributed by atoms with Gasteiger partial charge in [0.25, 0.3) is 0 Å². The van der Waals surface area contributed by atoms with Crippen LogP contribution < -0.4 is 10.5 Å². The molecule has 0 heterocycles. The second kappa shape index (κ2) is 7.34. The van der Waals surface area contributed by atoms with E-state index >= 15 is 0 Å². The predicted octanol–water partition coefficient (Wildman–Crippen LogP) is 1.86. The lowest BCUT2D eigenvalue weighted by Crippen LogP contribution is -2.49. The second-order valence-electron chi connectivity index (χ2n) is 5.07. The first kappa shape index (κ1) is 16.9. The van der Waals surface area contributed by atoms with Gasteiger partial charge in [0, 0.05) is 12.1 Å². The molecule has 0 spiro atoms. The third kappa shape index (κ3) is 7.01. The summed E-state index contributed by atoms with van der Waals surface area (Å²) < 4.78 is 26.3.